The number of hydrogen-bond acceptors (Lipinski definition) is 7. The molecule has 0 radical (unpaired) electrons. The molecule has 27 heavy (non-hydrogen) atoms. The Kier molecular flexibility index (Phi) is 4.35. The average Bonchev–Trinajstić information content (AvgIpc) is 3.15. The maximum atomic E-state index is 12.4. The Morgan fingerprint density at radius 1 is 1.11 bits per heavy atom. The van der Waals surface area contributed by atoms with Gasteiger partial charge in [0.2, 0.25) is 5.56 Å². The van der Waals surface area contributed by atoms with E-state index < -0.39 is 24.0 Å². The van der Waals surface area contributed by atoms with Crippen molar-refractivity contribution in [2.75, 3.05) is 11.9 Å². The molecule has 2 N–H and O–H groups in total. The Hall–Kier alpha value is -3.59. The van der Waals surface area contributed by atoms with E-state index in [1.165, 1.54) is 0 Å². The lowest BCUT2D eigenvalue weighted by Crippen LogP contribution is -2.22. The van der Waals surface area contributed by atoms with E-state index in [1.807, 2.05) is 0 Å². The molecule has 2 aromatic heterocycles. The first kappa shape index (κ1) is 16.9. The third-order valence-corrected chi connectivity index (χ3v) is 4.41. The molecule has 2 heterocycles. The average molecular weight is 380 g/mol. The van der Waals surface area contributed by atoms with Crippen LogP contribution in [-0.2, 0) is 9.53 Å². The van der Waals surface area contributed by atoms with Crippen molar-refractivity contribution < 1.29 is 14.3 Å². The summed E-state index contributed by atoms with van der Waals surface area (Å²) >= 11 is 1.04. The van der Waals surface area contributed by atoms with Crippen molar-refractivity contribution in [2.45, 2.75) is 0 Å². The van der Waals surface area contributed by atoms with Crippen LogP contribution in [0, 0.1) is 0 Å². The molecule has 2 aromatic carbocycles. The lowest BCUT2D eigenvalue weighted by molar-refractivity contribution is -0.119. The van der Waals surface area contributed by atoms with Crippen LogP contribution in [-0.4, -0.2) is 32.2 Å². The minimum absolute atomic E-state index is 0.105. The summed E-state index contributed by atoms with van der Waals surface area (Å²) in [5, 5.41) is 3.19. The molecular weight excluding hydrogens is 368 g/mol. The van der Waals surface area contributed by atoms with Gasteiger partial charge in [0.25, 0.3) is 5.91 Å². The van der Waals surface area contributed by atoms with Gasteiger partial charge in [-0.25, -0.2) is 4.79 Å². The summed E-state index contributed by atoms with van der Waals surface area (Å²) in [7, 11) is 0. The number of H-pyrrole nitrogens is 1. The number of fused-ring (bicyclic) bond motifs is 2. The van der Waals surface area contributed by atoms with Gasteiger partial charge in [-0.2, -0.15) is 8.75 Å². The Morgan fingerprint density at radius 2 is 1.96 bits per heavy atom. The highest BCUT2D eigenvalue weighted by Gasteiger charge is 2.15. The number of aromatic nitrogens is 3. The third kappa shape index (κ3) is 3.40. The molecule has 134 valence electrons. The van der Waals surface area contributed by atoms with Gasteiger partial charge in [0, 0.05) is 17.0 Å². The molecule has 9 heteroatoms. The van der Waals surface area contributed by atoms with E-state index in [4.69, 9.17) is 4.74 Å². The molecular formula is C18H12N4O4S. The van der Waals surface area contributed by atoms with Crippen LogP contribution in [0.1, 0.15) is 10.4 Å². The Balaban J connectivity index is 1.49. The molecule has 0 fully saturated rings. The molecule has 0 aliphatic rings. The van der Waals surface area contributed by atoms with E-state index in [2.05, 4.69) is 19.0 Å². The van der Waals surface area contributed by atoms with Crippen molar-refractivity contribution >= 4 is 51.2 Å². The van der Waals surface area contributed by atoms with Crippen LogP contribution in [0.25, 0.3) is 21.9 Å². The van der Waals surface area contributed by atoms with Crippen molar-refractivity contribution in [2.24, 2.45) is 0 Å². The fourth-order valence-electron chi connectivity index (χ4n) is 2.68. The molecule has 0 atom stereocenters. The summed E-state index contributed by atoms with van der Waals surface area (Å²) in [6, 6.07) is 13.2. The minimum atomic E-state index is -0.749. The minimum Gasteiger partial charge on any atom is -0.452 e. The second kappa shape index (κ2) is 6.96. The molecule has 4 rings (SSSR count). The van der Waals surface area contributed by atoms with Gasteiger partial charge in [0.15, 0.2) is 6.61 Å². The van der Waals surface area contributed by atoms with Crippen molar-refractivity contribution in [3.8, 4) is 0 Å². The SMILES string of the molecule is O=C(COC(=O)c1cc(=O)[nH]c2ccccc12)Nc1cccc2nsnc12. The van der Waals surface area contributed by atoms with E-state index in [0.717, 1.165) is 17.8 Å². The molecule has 0 bridgehead atoms. The third-order valence-electron chi connectivity index (χ3n) is 3.86. The smallest absolute Gasteiger partial charge is 0.339 e. The lowest BCUT2D eigenvalue weighted by atomic mass is 10.1. The van der Waals surface area contributed by atoms with Crippen LogP contribution < -0.4 is 10.9 Å². The predicted molar refractivity (Wildman–Crippen MR) is 101 cm³/mol. The zero-order chi connectivity index (χ0) is 18.8. The first-order valence-electron chi connectivity index (χ1n) is 7.92. The number of carbonyl (C=O) groups is 2. The van der Waals surface area contributed by atoms with Crippen molar-refractivity contribution in [3.63, 3.8) is 0 Å². The molecule has 0 unspecified atom stereocenters. The van der Waals surface area contributed by atoms with E-state index in [9.17, 15) is 14.4 Å². The molecule has 0 saturated carbocycles. The zero-order valence-corrected chi connectivity index (χ0v) is 14.6. The molecule has 0 spiro atoms. The summed E-state index contributed by atoms with van der Waals surface area (Å²) < 4.78 is 13.3. The van der Waals surface area contributed by atoms with E-state index in [-0.39, 0.29) is 5.56 Å². The van der Waals surface area contributed by atoms with Gasteiger partial charge in [0.05, 0.1) is 23.0 Å². The summed E-state index contributed by atoms with van der Waals surface area (Å²) in [6.07, 6.45) is 0. The number of aromatic amines is 1. The van der Waals surface area contributed by atoms with Gasteiger partial charge in [-0.3, -0.25) is 9.59 Å². The highest BCUT2D eigenvalue weighted by atomic mass is 32.1. The fourth-order valence-corrected chi connectivity index (χ4v) is 3.23. The maximum Gasteiger partial charge on any atom is 0.339 e. The number of ether oxygens (including phenoxy) is 1. The summed E-state index contributed by atoms with van der Waals surface area (Å²) in [6.45, 7) is -0.492. The number of esters is 1. The van der Waals surface area contributed by atoms with E-state index >= 15 is 0 Å². The highest BCUT2D eigenvalue weighted by molar-refractivity contribution is 7.00. The summed E-state index contributed by atoms with van der Waals surface area (Å²) in [5.41, 5.74) is 1.93. The predicted octanol–water partition coefficient (Wildman–Crippen LogP) is 2.33. The second-order valence-corrected chi connectivity index (χ2v) is 6.18. The largest absolute Gasteiger partial charge is 0.452 e. The normalized spacial score (nSPS) is 10.8. The molecule has 0 aliphatic carbocycles. The number of anilines is 1. The molecule has 0 saturated heterocycles. The topological polar surface area (TPSA) is 114 Å². The van der Waals surface area contributed by atoms with Crippen LogP contribution in [0.2, 0.25) is 0 Å². The fraction of sp³-hybridized carbons (Fsp3) is 0.0556. The Labute approximate surface area is 156 Å². The Bertz CT molecular complexity index is 1230. The number of rotatable bonds is 4. The molecule has 8 nitrogen and oxygen atoms in total. The lowest BCUT2D eigenvalue weighted by Gasteiger charge is -2.08. The molecule has 4 aromatic rings. The second-order valence-electron chi connectivity index (χ2n) is 5.65. The quantitative estimate of drug-likeness (QED) is 0.525. The van der Waals surface area contributed by atoms with Crippen LogP contribution in [0.5, 0.6) is 0 Å². The van der Waals surface area contributed by atoms with E-state index in [1.54, 1.807) is 42.5 Å². The van der Waals surface area contributed by atoms with Crippen molar-refractivity contribution in [3.05, 3.63) is 64.4 Å². The maximum absolute atomic E-state index is 12.4. The standard InChI is InChI=1S/C18H12N4O4S/c23-15-8-11(10-4-1-2-5-12(10)19-15)18(25)26-9-16(24)20-13-6-3-7-14-17(13)22-27-21-14/h1-8H,9H2,(H,19,23)(H,20,24). The number of pyridine rings is 1. The summed E-state index contributed by atoms with van der Waals surface area (Å²) in [4.78, 5) is 38.9. The number of para-hydroxylation sites is 1. The van der Waals surface area contributed by atoms with Gasteiger partial charge >= 0.3 is 5.97 Å². The van der Waals surface area contributed by atoms with Crippen molar-refractivity contribution in [1.82, 2.24) is 13.7 Å². The van der Waals surface area contributed by atoms with Gasteiger partial charge < -0.3 is 15.0 Å². The van der Waals surface area contributed by atoms with Gasteiger partial charge in [-0.05, 0) is 18.2 Å². The summed E-state index contributed by atoms with van der Waals surface area (Å²) in [5.74, 6) is -1.26. The van der Waals surface area contributed by atoms with E-state index in [0.29, 0.717) is 27.6 Å². The monoisotopic (exact) mass is 380 g/mol. The number of amides is 1. The number of nitrogens with one attached hydrogen (secondary N) is 2. The van der Waals surface area contributed by atoms with Crippen LogP contribution >= 0.6 is 11.7 Å². The number of nitrogens with zero attached hydrogens (tertiary/aromatic N) is 2. The molecule has 0 aliphatic heterocycles. The highest BCUT2D eigenvalue weighted by Crippen LogP contribution is 2.21. The number of hydrogen-bond donors (Lipinski definition) is 2. The zero-order valence-electron chi connectivity index (χ0n) is 13.8. The van der Waals surface area contributed by atoms with Crippen LogP contribution in [0.15, 0.2) is 53.3 Å². The van der Waals surface area contributed by atoms with Gasteiger partial charge in [0.1, 0.15) is 11.0 Å². The Morgan fingerprint density at radius 3 is 2.85 bits per heavy atom. The van der Waals surface area contributed by atoms with Crippen LogP contribution in [0.4, 0.5) is 5.69 Å². The van der Waals surface area contributed by atoms with Crippen LogP contribution in [0.3, 0.4) is 0 Å². The number of carbonyl (C=O) groups excluding carboxylic acids is 2. The first-order chi connectivity index (χ1) is 13.1. The van der Waals surface area contributed by atoms with Crippen molar-refractivity contribution in [1.29, 1.82) is 0 Å². The number of benzene rings is 2. The van der Waals surface area contributed by atoms with Gasteiger partial charge in [-0.1, -0.05) is 24.3 Å². The molecule has 1 amide bonds. The van der Waals surface area contributed by atoms with Gasteiger partial charge in [-0.15, -0.1) is 0 Å². The first-order valence-corrected chi connectivity index (χ1v) is 8.65.